The number of amides is 1. The molecule has 1 unspecified atom stereocenters. The number of aryl methyl sites for hydroxylation is 1. The van der Waals surface area contributed by atoms with Crippen LogP contribution in [0.2, 0.25) is 0 Å². The maximum atomic E-state index is 12.8. The average molecular weight is 483 g/mol. The molecule has 1 fully saturated rings. The molecule has 2 aliphatic rings. The van der Waals surface area contributed by atoms with Crippen molar-refractivity contribution in [2.24, 2.45) is 13.0 Å². The summed E-state index contributed by atoms with van der Waals surface area (Å²) >= 11 is 3.33. The standard InChI is InChI=1S/C24H30N6OS2/c1-3-17-7-8-19-18(14-17)15-20(33-19)23-26-27-24(28(23)2)32-16-22(31)30-12-10-29(11-13-30)21-6-4-5-9-25-21/h4-6,9,15,17H,3,7-8,10-14,16H2,1-2H3. The Morgan fingerprint density at radius 3 is 2.82 bits per heavy atom. The van der Waals surface area contributed by atoms with Crippen LogP contribution in [0.5, 0.6) is 0 Å². The van der Waals surface area contributed by atoms with Crippen molar-refractivity contribution in [1.82, 2.24) is 24.6 Å². The van der Waals surface area contributed by atoms with Gasteiger partial charge in [0.2, 0.25) is 5.91 Å². The highest BCUT2D eigenvalue weighted by molar-refractivity contribution is 7.99. The number of carbonyl (C=O) groups is 1. The lowest BCUT2D eigenvalue weighted by Crippen LogP contribution is -2.49. The molecule has 3 aromatic rings. The van der Waals surface area contributed by atoms with E-state index in [9.17, 15) is 4.79 Å². The molecular weight excluding hydrogens is 452 g/mol. The van der Waals surface area contributed by atoms with E-state index in [0.717, 1.165) is 48.9 Å². The molecule has 33 heavy (non-hydrogen) atoms. The minimum atomic E-state index is 0.155. The second kappa shape index (κ2) is 9.85. The van der Waals surface area contributed by atoms with Crippen molar-refractivity contribution in [1.29, 1.82) is 0 Å². The van der Waals surface area contributed by atoms with Crippen LogP contribution in [0.25, 0.3) is 10.7 Å². The fourth-order valence-electron chi connectivity index (χ4n) is 4.66. The van der Waals surface area contributed by atoms with Crippen molar-refractivity contribution in [2.75, 3.05) is 36.8 Å². The Balaban J connectivity index is 1.17. The fraction of sp³-hybridized carbons (Fsp3) is 0.500. The van der Waals surface area contributed by atoms with Crippen molar-refractivity contribution < 1.29 is 4.79 Å². The van der Waals surface area contributed by atoms with Crippen LogP contribution in [0.15, 0.2) is 35.6 Å². The minimum Gasteiger partial charge on any atom is -0.353 e. The quantitative estimate of drug-likeness (QED) is 0.497. The first-order chi connectivity index (χ1) is 16.1. The van der Waals surface area contributed by atoms with Crippen LogP contribution in [0.4, 0.5) is 5.82 Å². The molecule has 1 aliphatic carbocycles. The maximum Gasteiger partial charge on any atom is 0.233 e. The SMILES string of the molecule is CCC1CCc2sc(-c3nnc(SCC(=O)N4CCN(c5ccccn5)CC4)n3C)cc2C1. The number of anilines is 1. The van der Waals surface area contributed by atoms with E-state index in [4.69, 9.17) is 0 Å². The van der Waals surface area contributed by atoms with Gasteiger partial charge in [-0.2, -0.15) is 0 Å². The molecule has 0 spiro atoms. The predicted molar refractivity (Wildman–Crippen MR) is 134 cm³/mol. The van der Waals surface area contributed by atoms with Crippen LogP contribution in [0, 0.1) is 5.92 Å². The van der Waals surface area contributed by atoms with Gasteiger partial charge in [0.1, 0.15) is 5.82 Å². The van der Waals surface area contributed by atoms with Crippen LogP contribution in [-0.4, -0.2) is 62.5 Å². The zero-order valence-corrected chi connectivity index (χ0v) is 20.9. The van der Waals surface area contributed by atoms with E-state index in [0.29, 0.717) is 5.75 Å². The van der Waals surface area contributed by atoms with Gasteiger partial charge in [0.15, 0.2) is 11.0 Å². The largest absolute Gasteiger partial charge is 0.353 e. The number of carbonyl (C=O) groups excluding carboxylic acids is 1. The lowest BCUT2D eigenvalue weighted by atomic mass is 9.87. The molecule has 5 rings (SSSR count). The van der Waals surface area contributed by atoms with Crippen LogP contribution in [0.3, 0.4) is 0 Å². The molecular formula is C24H30N6OS2. The predicted octanol–water partition coefficient (Wildman–Crippen LogP) is 3.89. The number of aromatic nitrogens is 4. The zero-order chi connectivity index (χ0) is 22.8. The summed E-state index contributed by atoms with van der Waals surface area (Å²) in [5.41, 5.74) is 1.49. The first-order valence-electron chi connectivity index (χ1n) is 11.7. The molecule has 1 amide bonds. The third-order valence-electron chi connectivity index (χ3n) is 6.75. The molecule has 0 bridgehead atoms. The summed E-state index contributed by atoms with van der Waals surface area (Å²) in [6.07, 6.45) is 6.72. The first-order valence-corrected chi connectivity index (χ1v) is 13.5. The summed E-state index contributed by atoms with van der Waals surface area (Å²) in [5, 5.41) is 9.65. The molecule has 7 nitrogen and oxygen atoms in total. The highest BCUT2D eigenvalue weighted by Gasteiger charge is 2.24. The second-order valence-corrected chi connectivity index (χ2v) is 10.9. The number of pyridine rings is 1. The third kappa shape index (κ3) is 4.80. The lowest BCUT2D eigenvalue weighted by molar-refractivity contribution is -0.128. The van der Waals surface area contributed by atoms with Gasteiger partial charge >= 0.3 is 0 Å². The molecule has 0 saturated carbocycles. The summed E-state index contributed by atoms with van der Waals surface area (Å²) in [6.45, 7) is 5.35. The van der Waals surface area contributed by atoms with E-state index in [1.165, 1.54) is 52.8 Å². The van der Waals surface area contributed by atoms with E-state index in [2.05, 4.69) is 33.1 Å². The molecule has 1 aliphatic heterocycles. The van der Waals surface area contributed by atoms with E-state index in [1.54, 1.807) is 0 Å². The van der Waals surface area contributed by atoms with E-state index in [-0.39, 0.29) is 5.91 Å². The van der Waals surface area contributed by atoms with Crippen molar-refractivity contribution in [2.45, 2.75) is 37.8 Å². The molecule has 0 N–H and O–H groups in total. The number of thiophene rings is 1. The van der Waals surface area contributed by atoms with Crippen LogP contribution >= 0.6 is 23.1 Å². The van der Waals surface area contributed by atoms with Crippen molar-refractivity contribution in [3.63, 3.8) is 0 Å². The Morgan fingerprint density at radius 1 is 1.21 bits per heavy atom. The van der Waals surface area contributed by atoms with Crippen molar-refractivity contribution in [3.05, 3.63) is 40.9 Å². The normalized spacial score (nSPS) is 18.4. The van der Waals surface area contributed by atoms with Gasteiger partial charge in [-0.15, -0.1) is 21.5 Å². The van der Waals surface area contributed by atoms with Crippen molar-refractivity contribution in [3.8, 4) is 10.7 Å². The Morgan fingerprint density at radius 2 is 2.06 bits per heavy atom. The Hall–Kier alpha value is -2.39. The average Bonchev–Trinajstić information content (AvgIpc) is 3.45. The van der Waals surface area contributed by atoms with Gasteiger partial charge in [-0.1, -0.05) is 31.2 Å². The second-order valence-electron chi connectivity index (χ2n) is 8.79. The topological polar surface area (TPSA) is 67.2 Å². The number of thioether (sulfide) groups is 1. The zero-order valence-electron chi connectivity index (χ0n) is 19.2. The van der Waals surface area contributed by atoms with Crippen LogP contribution in [-0.2, 0) is 24.7 Å². The number of hydrogen-bond donors (Lipinski definition) is 0. The van der Waals surface area contributed by atoms with Gasteiger partial charge in [-0.3, -0.25) is 4.79 Å². The maximum absolute atomic E-state index is 12.8. The summed E-state index contributed by atoms with van der Waals surface area (Å²) in [4.78, 5) is 24.1. The van der Waals surface area contributed by atoms with E-state index < -0.39 is 0 Å². The van der Waals surface area contributed by atoms with Gasteiger partial charge in [0.25, 0.3) is 0 Å². The molecule has 3 aromatic heterocycles. The fourth-order valence-corrected chi connectivity index (χ4v) is 6.70. The van der Waals surface area contributed by atoms with Gasteiger partial charge in [0.05, 0.1) is 10.6 Å². The molecule has 1 atom stereocenters. The highest BCUT2D eigenvalue weighted by Crippen LogP contribution is 2.38. The Bertz CT molecular complexity index is 1100. The summed E-state index contributed by atoms with van der Waals surface area (Å²) in [7, 11) is 2.00. The molecule has 9 heteroatoms. The first kappa shape index (κ1) is 22.4. The minimum absolute atomic E-state index is 0.155. The molecule has 4 heterocycles. The lowest BCUT2D eigenvalue weighted by Gasteiger charge is -2.35. The van der Waals surface area contributed by atoms with E-state index >= 15 is 0 Å². The van der Waals surface area contributed by atoms with Crippen molar-refractivity contribution >= 4 is 34.8 Å². The molecule has 174 valence electrons. The van der Waals surface area contributed by atoms with Gasteiger partial charge in [-0.05, 0) is 48.9 Å². The Labute approximate surface area is 203 Å². The summed E-state index contributed by atoms with van der Waals surface area (Å²) in [5.74, 6) is 3.23. The van der Waals surface area contributed by atoms with Gasteiger partial charge in [0, 0.05) is 44.3 Å². The van der Waals surface area contributed by atoms with Crippen LogP contribution in [0.1, 0.15) is 30.2 Å². The molecule has 1 saturated heterocycles. The summed E-state index contributed by atoms with van der Waals surface area (Å²) in [6, 6.07) is 8.25. The van der Waals surface area contributed by atoms with Gasteiger partial charge in [-0.25, -0.2) is 4.98 Å². The smallest absolute Gasteiger partial charge is 0.233 e. The Kier molecular flexibility index (Phi) is 6.69. The number of fused-ring (bicyclic) bond motifs is 1. The van der Waals surface area contributed by atoms with Crippen LogP contribution < -0.4 is 4.90 Å². The highest BCUT2D eigenvalue weighted by atomic mass is 32.2. The number of piperazine rings is 1. The number of nitrogens with zero attached hydrogens (tertiary/aromatic N) is 6. The molecule has 0 aromatic carbocycles. The summed E-state index contributed by atoms with van der Waals surface area (Å²) < 4.78 is 2.03. The van der Waals surface area contributed by atoms with Gasteiger partial charge < -0.3 is 14.4 Å². The number of rotatable bonds is 6. The number of hydrogen-bond acceptors (Lipinski definition) is 7. The third-order valence-corrected chi connectivity index (χ3v) is 8.99. The molecule has 0 radical (unpaired) electrons. The van der Waals surface area contributed by atoms with E-state index in [1.807, 2.05) is 52.2 Å². The monoisotopic (exact) mass is 482 g/mol.